The fourth-order valence-corrected chi connectivity index (χ4v) is 4.57. The van der Waals surface area contributed by atoms with Gasteiger partial charge in [0.2, 0.25) is 10.0 Å². The average Bonchev–Trinajstić information content (AvgIpc) is 2.97. The van der Waals surface area contributed by atoms with E-state index in [1.54, 1.807) is 36.4 Å². The molecule has 0 amide bonds. The lowest BCUT2D eigenvalue weighted by molar-refractivity contribution is 0.581. The molecular formula is C19H19FN2O2S2. The number of thiazole rings is 1. The third-order valence-electron chi connectivity index (χ3n) is 3.96. The highest BCUT2D eigenvalue weighted by atomic mass is 32.2. The summed E-state index contributed by atoms with van der Waals surface area (Å²) < 4.78 is 40.3. The van der Waals surface area contributed by atoms with Crippen LogP contribution in [0.4, 0.5) is 4.39 Å². The summed E-state index contributed by atoms with van der Waals surface area (Å²) in [5, 5.41) is 0.805. The molecule has 0 fully saturated rings. The van der Waals surface area contributed by atoms with Crippen molar-refractivity contribution < 1.29 is 12.8 Å². The van der Waals surface area contributed by atoms with Gasteiger partial charge in [0.15, 0.2) is 0 Å². The van der Waals surface area contributed by atoms with Crippen molar-refractivity contribution in [3.05, 3.63) is 70.5 Å². The van der Waals surface area contributed by atoms with Crippen LogP contribution in [-0.4, -0.2) is 19.9 Å². The SMILES string of the molecule is Cc1ccc(S(=O)(=O)NCCc2sc(-c3ccc(F)cc3)nc2C)cc1. The Balaban J connectivity index is 1.66. The second-order valence-corrected chi connectivity index (χ2v) is 8.85. The number of nitrogens with one attached hydrogen (secondary N) is 1. The summed E-state index contributed by atoms with van der Waals surface area (Å²) in [4.78, 5) is 5.78. The lowest BCUT2D eigenvalue weighted by Crippen LogP contribution is -2.25. The summed E-state index contributed by atoms with van der Waals surface area (Å²) in [5.41, 5.74) is 2.73. The van der Waals surface area contributed by atoms with Gasteiger partial charge in [-0.2, -0.15) is 0 Å². The molecule has 0 saturated heterocycles. The van der Waals surface area contributed by atoms with Crippen molar-refractivity contribution in [2.75, 3.05) is 6.54 Å². The Morgan fingerprint density at radius 3 is 2.35 bits per heavy atom. The summed E-state index contributed by atoms with van der Waals surface area (Å²) in [6.07, 6.45) is 0.551. The lowest BCUT2D eigenvalue weighted by Gasteiger charge is -2.06. The standard InChI is InChI=1S/C19H19FN2O2S2/c1-13-3-9-17(10-4-13)26(23,24)21-12-11-18-14(2)22-19(25-18)15-5-7-16(20)8-6-15/h3-10,21H,11-12H2,1-2H3. The summed E-state index contributed by atoms with van der Waals surface area (Å²) in [7, 11) is -3.52. The molecule has 1 N–H and O–H groups in total. The largest absolute Gasteiger partial charge is 0.241 e. The third-order valence-corrected chi connectivity index (χ3v) is 6.70. The number of sulfonamides is 1. The van der Waals surface area contributed by atoms with Crippen molar-refractivity contribution >= 4 is 21.4 Å². The maximum absolute atomic E-state index is 13.0. The van der Waals surface area contributed by atoms with Crippen LogP contribution in [-0.2, 0) is 16.4 Å². The monoisotopic (exact) mass is 390 g/mol. The van der Waals surface area contributed by atoms with E-state index in [1.165, 1.54) is 23.5 Å². The van der Waals surface area contributed by atoms with Crippen LogP contribution in [0.25, 0.3) is 10.6 Å². The van der Waals surface area contributed by atoms with Crippen molar-refractivity contribution in [1.82, 2.24) is 9.71 Å². The first kappa shape index (κ1) is 18.7. The second-order valence-electron chi connectivity index (χ2n) is 6.00. The average molecular weight is 391 g/mol. The van der Waals surface area contributed by atoms with E-state index >= 15 is 0 Å². The molecule has 26 heavy (non-hydrogen) atoms. The lowest BCUT2D eigenvalue weighted by atomic mass is 10.2. The molecule has 0 radical (unpaired) electrons. The Morgan fingerprint density at radius 1 is 1.04 bits per heavy atom. The van der Waals surface area contributed by atoms with Gasteiger partial charge in [-0.3, -0.25) is 0 Å². The van der Waals surface area contributed by atoms with Gasteiger partial charge >= 0.3 is 0 Å². The molecule has 0 unspecified atom stereocenters. The van der Waals surface area contributed by atoms with Gasteiger partial charge in [-0.15, -0.1) is 11.3 Å². The van der Waals surface area contributed by atoms with Gasteiger partial charge in [0.25, 0.3) is 0 Å². The molecule has 3 rings (SSSR count). The number of halogens is 1. The Morgan fingerprint density at radius 2 is 1.69 bits per heavy atom. The molecular weight excluding hydrogens is 371 g/mol. The van der Waals surface area contributed by atoms with Crippen LogP contribution in [0.2, 0.25) is 0 Å². The number of hydrogen-bond donors (Lipinski definition) is 1. The van der Waals surface area contributed by atoms with Crippen molar-refractivity contribution in [1.29, 1.82) is 0 Å². The van der Waals surface area contributed by atoms with Crippen LogP contribution in [0.1, 0.15) is 16.1 Å². The zero-order valence-corrected chi connectivity index (χ0v) is 16.1. The van der Waals surface area contributed by atoms with Crippen LogP contribution < -0.4 is 4.72 Å². The highest BCUT2D eigenvalue weighted by molar-refractivity contribution is 7.89. The summed E-state index contributed by atoms with van der Waals surface area (Å²) >= 11 is 1.50. The second kappa shape index (κ2) is 7.65. The quantitative estimate of drug-likeness (QED) is 0.690. The first-order valence-electron chi connectivity index (χ1n) is 8.14. The van der Waals surface area contributed by atoms with Crippen LogP contribution in [0.5, 0.6) is 0 Å². The van der Waals surface area contributed by atoms with E-state index in [4.69, 9.17) is 0 Å². The van der Waals surface area contributed by atoms with E-state index in [0.717, 1.165) is 26.7 Å². The van der Waals surface area contributed by atoms with E-state index < -0.39 is 10.0 Å². The number of rotatable bonds is 6. The van der Waals surface area contributed by atoms with Gasteiger partial charge in [-0.1, -0.05) is 17.7 Å². The zero-order valence-electron chi connectivity index (χ0n) is 14.5. The van der Waals surface area contributed by atoms with Crippen molar-refractivity contribution in [3.63, 3.8) is 0 Å². The Hall–Kier alpha value is -2.09. The summed E-state index contributed by atoms with van der Waals surface area (Å²) in [6, 6.07) is 12.9. The molecule has 4 nitrogen and oxygen atoms in total. The molecule has 3 aromatic rings. The first-order chi connectivity index (χ1) is 12.3. The normalized spacial score (nSPS) is 11.7. The number of benzene rings is 2. The van der Waals surface area contributed by atoms with Gasteiger partial charge < -0.3 is 0 Å². The van der Waals surface area contributed by atoms with E-state index in [2.05, 4.69) is 9.71 Å². The molecule has 0 atom stereocenters. The highest BCUT2D eigenvalue weighted by Crippen LogP contribution is 2.28. The van der Waals surface area contributed by atoms with E-state index in [9.17, 15) is 12.8 Å². The van der Waals surface area contributed by atoms with E-state index in [-0.39, 0.29) is 10.7 Å². The minimum atomic E-state index is -3.52. The number of nitrogens with zero attached hydrogens (tertiary/aromatic N) is 1. The maximum Gasteiger partial charge on any atom is 0.240 e. The molecule has 0 spiro atoms. The Kier molecular flexibility index (Phi) is 5.50. The van der Waals surface area contributed by atoms with Crippen LogP contribution >= 0.6 is 11.3 Å². The molecule has 0 aliphatic heterocycles. The fourth-order valence-electron chi connectivity index (χ4n) is 2.48. The molecule has 0 bridgehead atoms. The maximum atomic E-state index is 13.0. The van der Waals surface area contributed by atoms with Gasteiger partial charge in [-0.05, 0) is 56.7 Å². The van der Waals surface area contributed by atoms with Crippen molar-refractivity contribution in [3.8, 4) is 10.6 Å². The van der Waals surface area contributed by atoms with Gasteiger partial charge in [0.1, 0.15) is 10.8 Å². The minimum Gasteiger partial charge on any atom is -0.241 e. The molecule has 1 heterocycles. The van der Waals surface area contributed by atoms with E-state index in [0.29, 0.717) is 13.0 Å². The first-order valence-corrected chi connectivity index (χ1v) is 10.4. The molecule has 1 aromatic heterocycles. The summed E-state index contributed by atoms with van der Waals surface area (Å²) in [6.45, 7) is 4.10. The third kappa shape index (κ3) is 4.35. The fraction of sp³-hybridized carbons (Fsp3) is 0.211. The predicted molar refractivity (Wildman–Crippen MR) is 102 cm³/mol. The molecule has 136 valence electrons. The molecule has 0 saturated carbocycles. The van der Waals surface area contributed by atoms with E-state index in [1.807, 2.05) is 13.8 Å². The molecule has 0 aliphatic rings. The smallest absolute Gasteiger partial charge is 0.240 e. The number of aryl methyl sites for hydroxylation is 2. The predicted octanol–water partition coefficient (Wildman–Crippen LogP) is 4.09. The van der Waals surface area contributed by atoms with Gasteiger partial charge in [-0.25, -0.2) is 22.5 Å². The minimum absolute atomic E-state index is 0.260. The van der Waals surface area contributed by atoms with Crippen LogP contribution in [0.15, 0.2) is 53.4 Å². The zero-order chi connectivity index (χ0) is 18.7. The molecule has 2 aromatic carbocycles. The van der Waals surface area contributed by atoms with Crippen molar-refractivity contribution in [2.24, 2.45) is 0 Å². The van der Waals surface area contributed by atoms with Gasteiger partial charge in [0, 0.05) is 17.0 Å². The molecule has 0 aliphatic carbocycles. The topological polar surface area (TPSA) is 59.1 Å². The Bertz CT molecular complexity index is 995. The van der Waals surface area contributed by atoms with Gasteiger partial charge in [0.05, 0.1) is 10.6 Å². The molecule has 7 heteroatoms. The van der Waals surface area contributed by atoms with Crippen LogP contribution in [0, 0.1) is 19.7 Å². The van der Waals surface area contributed by atoms with Crippen molar-refractivity contribution in [2.45, 2.75) is 25.2 Å². The summed E-state index contributed by atoms with van der Waals surface area (Å²) in [5.74, 6) is -0.284. The number of hydrogen-bond acceptors (Lipinski definition) is 4. The Labute approximate surface area is 156 Å². The number of aromatic nitrogens is 1. The van der Waals surface area contributed by atoms with Crippen LogP contribution in [0.3, 0.4) is 0 Å². The highest BCUT2D eigenvalue weighted by Gasteiger charge is 2.14.